The number of carbonyl (C=O) groups is 1. The first kappa shape index (κ1) is 10.9. The molecule has 0 aliphatic carbocycles. The molecule has 1 fully saturated rings. The largest absolute Gasteiger partial charge is 0.352 e. The molecule has 1 rings (SSSR count). The Hall–Kier alpha value is -0.180. The van der Waals surface area contributed by atoms with Crippen LogP contribution in [0.15, 0.2) is 0 Å². The summed E-state index contributed by atoms with van der Waals surface area (Å²) in [5, 5.41) is 3.12. The summed E-state index contributed by atoms with van der Waals surface area (Å²) in [6.07, 6.45) is 0.931. The monoisotopic (exact) mass is 201 g/mol. The van der Waals surface area contributed by atoms with Crippen LogP contribution < -0.4 is 5.32 Å². The molecule has 1 N–H and O–H groups in total. The summed E-state index contributed by atoms with van der Waals surface area (Å²) < 4.78 is 0. The molecule has 1 saturated heterocycles. The Bertz CT molecular complexity index is 184. The van der Waals surface area contributed by atoms with Gasteiger partial charge in [-0.2, -0.15) is 11.8 Å². The molecule has 1 aliphatic heterocycles. The second-order valence-electron chi connectivity index (χ2n) is 3.94. The van der Waals surface area contributed by atoms with Crippen LogP contribution in [0.5, 0.6) is 0 Å². The molecule has 3 heteroatoms. The molecular formula is C10H19NOS. The van der Waals surface area contributed by atoms with E-state index in [2.05, 4.69) is 19.2 Å². The maximum absolute atomic E-state index is 11.6. The van der Waals surface area contributed by atoms with Crippen LogP contribution in [0.3, 0.4) is 0 Å². The van der Waals surface area contributed by atoms with Crippen LogP contribution >= 0.6 is 11.8 Å². The predicted octanol–water partition coefficient (Wildman–Crippen LogP) is 1.90. The highest BCUT2D eigenvalue weighted by Gasteiger charge is 2.26. The molecule has 0 saturated carbocycles. The Morgan fingerprint density at radius 1 is 1.62 bits per heavy atom. The van der Waals surface area contributed by atoms with Gasteiger partial charge in [-0.05, 0) is 18.1 Å². The van der Waals surface area contributed by atoms with Crippen LogP contribution in [0.25, 0.3) is 0 Å². The first-order valence-corrected chi connectivity index (χ1v) is 6.18. The third-order valence-corrected chi connectivity index (χ3v) is 4.11. The van der Waals surface area contributed by atoms with Crippen LogP contribution in [0.2, 0.25) is 0 Å². The first-order chi connectivity index (χ1) is 6.15. The zero-order valence-corrected chi connectivity index (χ0v) is 9.49. The van der Waals surface area contributed by atoms with E-state index in [0.29, 0.717) is 12.0 Å². The van der Waals surface area contributed by atoms with Gasteiger partial charge in [0, 0.05) is 17.7 Å². The van der Waals surface area contributed by atoms with Gasteiger partial charge >= 0.3 is 0 Å². The average molecular weight is 201 g/mol. The lowest BCUT2D eigenvalue weighted by molar-refractivity contribution is -0.125. The fourth-order valence-corrected chi connectivity index (χ4v) is 2.76. The molecule has 0 aromatic carbocycles. The fourth-order valence-electron chi connectivity index (χ4n) is 1.36. The van der Waals surface area contributed by atoms with Crippen molar-refractivity contribution in [1.29, 1.82) is 0 Å². The summed E-state index contributed by atoms with van der Waals surface area (Å²) >= 11 is 1.94. The lowest BCUT2D eigenvalue weighted by atomic mass is 10.0. The smallest absolute Gasteiger partial charge is 0.223 e. The quantitative estimate of drug-likeness (QED) is 0.755. The van der Waals surface area contributed by atoms with Gasteiger partial charge in [0.25, 0.3) is 0 Å². The van der Waals surface area contributed by atoms with Crippen molar-refractivity contribution in [1.82, 2.24) is 5.32 Å². The second-order valence-corrected chi connectivity index (χ2v) is 5.01. The Kier molecular flexibility index (Phi) is 4.10. The molecular weight excluding hydrogens is 182 g/mol. The molecule has 13 heavy (non-hydrogen) atoms. The van der Waals surface area contributed by atoms with Crippen molar-refractivity contribution in [3.8, 4) is 0 Å². The van der Waals surface area contributed by atoms with E-state index < -0.39 is 0 Å². The highest BCUT2D eigenvalue weighted by Crippen LogP contribution is 2.23. The van der Waals surface area contributed by atoms with Gasteiger partial charge in [0.2, 0.25) is 5.91 Å². The van der Waals surface area contributed by atoms with E-state index >= 15 is 0 Å². The number of thioether (sulfide) groups is 1. The van der Waals surface area contributed by atoms with Crippen molar-refractivity contribution in [2.45, 2.75) is 33.2 Å². The minimum Gasteiger partial charge on any atom is -0.352 e. The highest BCUT2D eigenvalue weighted by molar-refractivity contribution is 7.99. The summed E-state index contributed by atoms with van der Waals surface area (Å²) in [6.45, 7) is 6.25. The van der Waals surface area contributed by atoms with Crippen LogP contribution in [0, 0.1) is 11.8 Å². The zero-order chi connectivity index (χ0) is 9.84. The van der Waals surface area contributed by atoms with E-state index in [4.69, 9.17) is 0 Å². The number of amides is 1. The van der Waals surface area contributed by atoms with Gasteiger partial charge < -0.3 is 5.32 Å². The van der Waals surface area contributed by atoms with Crippen molar-refractivity contribution >= 4 is 17.7 Å². The number of carbonyl (C=O) groups excluding carboxylic acids is 1. The third-order valence-electron chi connectivity index (χ3n) is 2.75. The number of hydrogen-bond acceptors (Lipinski definition) is 2. The van der Waals surface area contributed by atoms with Gasteiger partial charge in [-0.15, -0.1) is 0 Å². The second kappa shape index (κ2) is 4.89. The van der Waals surface area contributed by atoms with Gasteiger partial charge in [-0.1, -0.05) is 20.8 Å². The van der Waals surface area contributed by atoms with Gasteiger partial charge in [0.05, 0.1) is 0 Å². The van der Waals surface area contributed by atoms with Gasteiger partial charge in [-0.25, -0.2) is 0 Å². The first-order valence-electron chi connectivity index (χ1n) is 5.03. The van der Waals surface area contributed by atoms with E-state index in [-0.39, 0.29) is 11.8 Å². The molecule has 1 heterocycles. The summed E-state index contributed by atoms with van der Waals surface area (Å²) in [5.41, 5.74) is 0. The van der Waals surface area contributed by atoms with Crippen LogP contribution in [-0.4, -0.2) is 23.5 Å². The minimum atomic E-state index is 0.165. The number of hydrogen-bond donors (Lipinski definition) is 1. The van der Waals surface area contributed by atoms with E-state index in [1.54, 1.807) is 0 Å². The molecule has 3 unspecified atom stereocenters. The Morgan fingerprint density at radius 2 is 2.31 bits per heavy atom. The van der Waals surface area contributed by atoms with Crippen LogP contribution in [0.1, 0.15) is 27.2 Å². The maximum Gasteiger partial charge on any atom is 0.223 e. The molecule has 0 aromatic heterocycles. The number of rotatable bonds is 3. The Balaban J connectivity index is 2.35. The molecule has 0 bridgehead atoms. The zero-order valence-electron chi connectivity index (χ0n) is 8.67. The van der Waals surface area contributed by atoms with E-state index in [1.807, 2.05) is 18.7 Å². The SMILES string of the molecule is CCC(C)C(=O)NC1CSCC1C. The molecule has 1 aliphatic rings. The van der Waals surface area contributed by atoms with Gasteiger partial charge in [-0.3, -0.25) is 4.79 Å². The van der Waals surface area contributed by atoms with Gasteiger partial charge in [0.15, 0.2) is 0 Å². The number of nitrogens with one attached hydrogen (secondary N) is 1. The van der Waals surface area contributed by atoms with E-state index in [0.717, 1.165) is 12.2 Å². The minimum absolute atomic E-state index is 0.165. The summed E-state index contributed by atoms with van der Waals surface area (Å²) in [5.74, 6) is 3.30. The van der Waals surface area contributed by atoms with Crippen molar-refractivity contribution in [2.24, 2.45) is 11.8 Å². The predicted molar refractivity (Wildman–Crippen MR) is 57.9 cm³/mol. The van der Waals surface area contributed by atoms with Crippen LogP contribution in [0.4, 0.5) is 0 Å². The van der Waals surface area contributed by atoms with Crippen LogP contribution in [-0.2, 0) is 4.79 Å². The molecule has 3 atom stereocenters. The fraction of sp³-hybridized carbons (Fsp3) is 0.900. The average Bonchev–Trinajstić information content (AvgIpc) is 2.50. The molecule has 76 valence electrons. The van der Waals surface area contributed by atoms with Crippen molar-refractivity contribution < 1.29 is 4.79 Å². The van der Waals surface area contributed by atoms with Crippen molar-refractivity contribution in [3.63, 3.8) is 0 Å². The molecule has 0 radical (unpaired) electrons. The van der Waals surface area contributed by atoms with Crippen molar-refractivity contribution in [2.75, 3.05) is 11.5 Å². The summed E-state index contributed by atoms with van der Waals surface area (Å²) in [6, 6.07) is 0.409. The molecule has 1 amide bonds. The molecule has 2 nitrogen and oxygen atoms in total. The topological polar surface area (TPSA) is 29.1 Å². The maximum atomic E-state index is 11.6. The Morgan fingerprint density at radius 3 is 2.77 bits per heavy atom. The van der Waals surface area contributed by atoms with Gasteiger partial charge in [0.1, 0.15) is 0 Å². The Labute approximate surface area is 84.9 Å². The normalized spacial score (nSPS) is 30.1. The standard InChI is InChI=1S/C10H19NOS/c1-4-7(2)10(12)11-9-6-13-5-8(9)3/h7-9H,4-6H2,1-3H3,(H,11,12). The molecule has 0 spiro atoms. The lowest BCUT2D eigenvalue weighted by Gasteiger charge is -2.18. The van der Waals surface area contributed by atoms with Crippen molar-refractivity contribution in [3.05, 3.63) is 0 Å². The third kappa shape index (κ3) is 2.90. The highest BCUT2D eigenvalue weighted by atomic mass is 32.2. The summed E-state index contributed by atoms with van der Waals surface area (Å²) in [4.78, 5) is 11.6. The van der Waals surface area contributed by atoms with E-state index in [9.17, 15) is 4.79 Å². The molecule has 0 aromatic rings. The summed E-state index contributed by atoms with van der Waals surface area (Å²) in [7, 11) is 0. The van der Waals surface area contributed by atoms with E-state index in [1.165, 1.54) is 5.75 Å². The lowest BCUT2D eigenvalue weighted by Crippen LogP contribution is -2.41.